The number of hydrogen-bond donors (Lipinski definition) is 1. The molecule has 1 fully saturated rings. The number of sulfonamides is 1. The van der Waals surface area contributed by atoms with E-state index >= 15 is 0 Å². The molecule has 0 bridgehead atoms. The molecule has 21 heavy (non-hydrogen) atoms. The van der Waals surface area contributed by atoms with Crippen LogP contribution in [0, 0.1) is 5.41 Å². The summed E-state index contributed by atoms with van der Waals surface area (Å²) in [5, 5.41) is 9.32. The van der Waals surface area contributed by atoms with Gasteiger partial charge in [0.05, 0.1) is 6.61 Å². The molecule has 0 spiro atoms. The van der Waals surface area contributed by atoms with Crippen LogP contribution in [0.4, 0.5) is 0 Å². The lowest BCUT2D eigenvalue weighted by molar-refractivity contribution is 0.271. The van der Waals surface area contributed by atoms with Gasteiger partial charge in [-0.1, -0.05) is 13.8 Å². The third kappa shape index (κ3) is 3.49. The quantitative estimate of drug-likeness (QED) is 0.927. The van der Waals surface area contributed by atoms with Crippen LogP contribution in [0.1, 0.15) is 45.7 Å². The van der Waals surface area contributed by atoms with Gasteiger partial charge in [0, 0.05) is 31.5 Å². The van der Waals surface area contributed by atoms with Crippen LogP contribution in [0.5, 0.6) is 0 Å². The minimum atomic E-state index is -3.46. The van der Waals surface area contributed by atoms with Crippen molar-refractivity contribution in [2.75, 3.05) is 13.1 Å². The number of nitrogens with zero attached hydrogens (tertiary/aromatic N) is 2. The lowest BCUT2D eigenvalue weighted by Crippen LogP contribution is -2.32. The fourth-order valence-electron chi connectivity index (χ4n) is 2.88. The van der Waals surface area contributed by atoms with Gasteiger partial charge < -0.3 is 9.67 Å². The van der Waals surface area contributed by atoms with Crippen molar-refractivity contribution in [2.24, 2.45) is 5.41 Å². The smallest absolute Gasteiger partial charge is 0.244 e. The molecule has 0 aliphatic carbocycles. The molecule has 5 nitrogen and oxygen atoms in total. The molecule has 1 N–H and O–H groups in total. The van der Waals surface area contributed by atoms with Gasteiger partial charge in [0.1, 0.15) is 4.90 Å². The second-order valence-electron chi connectivity index (χ2n) is 6.53. The monoisotopic (exact) mass is 314 g/mol. The van der Waals surface area contributed by atoms with Crippen LogP contribution >= 0.6 is 0 Å². The van der Waals surface area contributed by atoms with E-state index < -0.39 is 10.0 Å². The average Bonchev–Trinajstić information content (AvgIpc) is 2.77. The zero-order valence-corrected chi connectivity index (χ0v) is 14.0. The molecule has 1 aromatic heterocycles. The van der Waals surface area contributed by atoms with Crippen molar-refractivity contribution >= 4 is 10.0 Å². The van der Waals surface area contributed by atoms with Crippen molar-refractivity contribution in [1.82, 2.24) is 8.87 Å². The lowest BCUT2D eigenvalue weighted by Gasteiger charge is -2.22. The Balaban J connectivity index is 2.27. The van der Waals surface area contributed by atoms with E-state index in [0.717, 1.165) is 19.3 Å². The van der Waals surface area contributed by atoms with E-state index in [4.69, 9.17) is 0 Å². The highest BCUT2D eigenvalue weighted by atomic mass is 32.2. The summed E-state index contributed by atoms with van der Waals surface area (Å²) in [6.07, 6.45) is 4.47. The van der Waals surface area contributed by atoms with E-state index in [9.17, 15) is 13.5 Å². The Morgan fingerprint density at radius 3 is 2.57 bits per heavy atom. The van der Waals surface area contributed by atoms with Gasteiger partial charge in [0.15, 0.2) is 0 Å². The Morgan fingerprint density at radius 1 is 1.29 bits per heavy atom. The maximum absolute atomic E-state index is 12.8. The minimum Gasteiger partial charge on any atom is -0.390 e. The first-order valence-corrected chi connectivity index (χ1v) is 9.04. The molecule has 120 valence electrons. The highest BCUT2D eigenvalue weighted by Gasteiger charge is 2.31. The number of aliphatic hydroxyl groups is 1. The molecule has 6 heteroatoms. The number of aliphatic hydroxyl groups excluding tert-OH is 1. The molecule has 1 saturated heterocycles. The van der Waals surface area contributed by atoms with Gasteiger partial charge in [0.2, 0.25) is 10.0 Å². The normalized spacial score (nSPS) is 20.4. The molecule has 0 radical (unpaired) electrons. The van der Waals surface area contributed by atoms with E-state index in [2.05, 4.69) is 13.8 Å². The van der Waals surface area contributed by atoms with E-state index in [-0.39, 0.29) is 12.0 Å². The predicted octanol–water partition coefficient (Wildman–Crippen LogP) is 2.20. The third-order valence-corrected chi connectivity index (χ3v) is 6.26. The fourth-order valence-corrected chi connectivity index (χ4v) is 4.43. The summed E-state index contributed by atoms with van der Waals surface area (Å²) in [5.41, 5.74) is 0.849. The topological polar surface area (TPSA) is 62.5 Å². The molecular weight excluding hydrogens is 288 g/mol. The molecule has 0 saturated carbocycles. The van der Waals surface area contributed by atoms with E-state index in [1.807, 2.05) is 6.92 Å². The molecule has 0 atom stereocenters. The first kappa shape index (κ1) is 16.5. The van der Waals surface area contributed by atoms with Gasteiger partial charge in [-0.2, -0.15) is 4.31 Å². The predicted molar refractivity (Wildman–Crippen MR) is 82.4 cm³/mol. The molecule has 0 amide bonds. The first-order valence-electron chi connectivity index (χ1n) is 7.60. The Labute approximate surface area is 127 Å². The van der Waals surface area contributed by atoms with E-state index in [0.29, 0.717) is 30.2 Å². The van der Waals surface area contributed by atoms with Crippen molar-refractivity contribution in [3.05, 3.63) is 18.0 Å². The number of aromatic nitrogens is 1. The maximum atomic E-state index is 12.8. The van der Waals surface area contributed by atoms with Crippen LogP contribution in [0.15, 0.2) is 17.2 Å². The molecule has 1 aliphatic rings. The number of aryl methyl sites for hydroxylation is 1. The molecule has 0 aromatic carbocycles. The van der Waals surface area contributed by atoms with Crippen LogP contribution in [0.2, 0.25) is 0 Å². The van der Waals surface area contributed by atoms with Gasteiger partial charge in [-0.15, -0.1) is 0 Å². The lowest BCUT2D eigenvalue weighted by atomic mass is 9.85. The molecule has 0 unspecified atom stereocenters. The van der Waals surface area contributed by atoms with Gasteiger partial charge >= 0.3 is 0 Å². The summed E-state index contributed by atoms with van der Waals surface area (Å²) in [6, 6.07) is 1.59. The Bertz CT molecular complexity index is 569. The van der Waals surface area contributed by atoms with Crippen LogP contribution in [-0.4, -0.2) is 35.5 Å². The van der Waals surface area contributed by atoms with Crippen molar-refractivity contribution in [3.63, 3.8) is 0 Å². The summed E-state index contributed by atoms with van der Waals surface area (Å²) in [7, 11) is -3.46. The molecular formula is C15H26N2O3S. The van der Waals surface area contributed by atoms with Crippen molar-refractivity contribution in [3.8, 4) is 0 Å². The van der Waals surface area contributed by atoms with Crippen LogP contribution in [0.25, 0.3) is 0 Å². The summed E-state index contributed by atoms with van der Waals surface area (Å²) in [5.74, 6) is 0. The van der Waals surface area contributed by atoms with Gasteiger partial charge in [-0.3, -0.25) is 0 Å². The van der Waals surface area contributed by atoms with Crippen molar-refractivity contribution < 1.29 is 13.5 Å². The van der Waals surface area contributed by atoms with E-state index in [1.165, 1.54) is 0 Å². The Morgan fingerprint density at radius 2 is 2.00 bits per heavy atom. The second-order valence-corrected chi connectivity index (χ2v) is 8.47. The van der Waals surface area contributed by atoms with Crippen LogP contribution in [0.3, 0.4) is 0 Å². The summed E-state index contributed by atoms with van der Waals surface area (Å²) >= 11 is 0. The fraction of sp³-hybridized carbons (Fsp3) is 0.733. The number of rotatable bonds is 4. The second kappa shape index (κ2) is 6.10. The summed E-state index contributed by atoms with van der Waals surface area (Å²) in [4.78, 5) is 0.299. The van der Waals surface area contributed by atoms with Gasteiger partial charge in [0.25, 0.3) is 0 Å². The zero-order valence-electron chi connectivity index (χ0n) is 13.2. The molecule has 2 rings (SSSR count). The van der Waals surface area contributed by atoms with Crippen molar-refractivity contribution in [1.29, 1.82) is 0 Å². The van der Waals surface area contributed by atoms with Crippen LogP contribution in [-0.2, 0) is 23.2 Å². The maximum Gasteiger partial charge on any atom is 0.244 e. The average molecular weight is 314 g/mol. The number of hydrogen-bond acceptors (Lipinski definition) is 3. The minimum absolute atomic E-state index is 0.142. The zero-order chi connectivity index (χ0) is 15.7. The summed E-state index contributed by atoms with van der Waals surface area (Å²) in [6.45, 7) is 7.98. The summed E-state index contributed by atoms with van der Waals surface area (Å²) < 4.78 is 28.9. The van der Waals surface area contributed by atoms with Crippen LogP contribution < -0.4 is 0 Å². The Kier molecular flexibility index (Phi) is 4.80. The third-order valence-electron chi connectivity index (χ3n) is 4.40. The van der Waals surface area contributed by atoms with E-state index in [1.54, 1.807) is 21.1 Å². The Hall–Kier alpha value is -0.850. The standard InChI is InChI=1S/C15H26N2O3S/c1-4-16-11-14(10-13(16)12-18)21(19,20)17-8-5-6-15(2,3)7-9-17/h10-11,18H,4-9,12H2,1-3H3. The molecule has 2 heterocycles. The highest BCUT2D eigenvalue weighted by molar-refractivity contribution is 7.89. The largest absolute Gasteiger partial charge is 0.390 e. The SMILES string of the molecule is CCn1cc(S(=O)(=O)N2CCCC(C)(C)CC2)cc1CO. The highest BCUT2D eigenvalue weighted by Crippen LogP contribution is 2.32. The van der Waals surface area contributed by atoms with Gasteiger partial charge in [-0.05, 0) is 37.7 Å². The molecule has 1 aromatic rings. The molecule has 1 aliphatic heterocycles. The van der Waals surface area contributed by atoms with Crippen molar-refractivity contribution in [2.45, 2.75) is 58.1 Å². The first-order chi connectivity index (χ1) is 9.80. The van der Waals surface area contributed by atoms with Gasteiger partial charge in [-0.25, -0.2) is 8.42 Å².